The third-order valence-corrected chi connectivity index (χ3v) is 5.00. The number of nitrogens with one attached hydrogen (secondary N) is 1. The van der Waals surface area contributed by atoms with Crippen LogP contribution in [-0.4, -0.2) is 54.0 Å². The van der Waals surface area contributed by atoms with Crippen LogP contribution in [-0.2, 0) is 11.3 Å². The summed E-state index contributed by atoms with van der Waals surface area (Å²) in [7, 11) is 0. The highest BCUT2D eigenvalue weighted by molar-refractivity contribution is 5.86. The molecule has 0 aliphatic carbocycles. The summed E-state index contributed by atoms with van der Waals surface area (Å²) in [5.41, 5.74) is 1.02. The van der Waals surface area contributed by atoms with Crippen molar-refractivity contribution in [1.82, 2.24) is 15.1 Å². The van der Waals surface area contributed by atoms with Gasteiger partial charge in [0.25, 0.3) is 0 Å². The number of nitrogens with zero attached hydrogens (tertiary/aromatic N) is 2. The minimum atomic E-state index is -0.333. The van der Waals surface area contributed by atoms with E-state index in [1.807, 2.05) is 0 Å². The zero-order valence-corrected chi connectivity index (χ0v) is 16.0. The number of benzene rings is 1. The van der Waals surface area contributed by atoms with Gasteiger partial charge < -0.3 is 10.2 Å². The van der Waals surface area contributed by atoms with Gasteiger partial charge >= 0.3 is 0 Å². The first kappa shape index (κ1) is 21.2. The van der Waals surface area contributed by atoms with E-state index in [2.05, 4.69) is 52.4 Å². The molecule has 0 bridgehead atoms. The lowest BCUT2D eigenvalue weighted by Crippen LogP contribution is -2.61. The van der Waals surface area contributed by atoms with Gasteiger partial charge in [0.15, 0.2) is 0 Å². The van der Waals surface area contributed by atoms with Crippen molar-refractivity contribution in [1.29, 1.82) is 0 Å². The molecule has 1 unspecified atom stereocenters. The van der Waals surface area contributed by atoms with Crippen molar-refractivity contribution in [2.75, 3.05) is 32.7 Å². The van der Waals surface area contributed by atoms with E-state index in [9.17, 15) is 4.79 Å². The molecule has 3 rings (SSSR count). The molecule has 1 atom stereocenters. The van der Waals surface area contributed by atoms with Gasteiger partial charge in [0, 0.05) is 32.7 Å². The lowest BCUT2D eigenvalue weighted by atomic mass is 9.89. The number of amides is 1. The van der Waals surface area contributed by atoms with Gasteiger partial charge in [-0.25, -0.2) is 0 Å². The van der Waals surface area contributed by atoms with Crippen LogP contribution in [0.15, 0.2) is 30.3 Å². The first-order valence-electron chi connectivity index (χ1n) is 8.48. The summed E-state index contributed by atoms with van der Waals surface area (Å²) < 4.78 is 0. The molecule has 0 radical (unpaired) electrons. The number of piperidine rings is 1. The zero-order chi connectivity index (χ0) is 15.4. The topological polar surface area (TPSA) is 35.6 Å². The van der Waals surface area contributed by atoms with Crippen molar-refractivity contribution >= 4 is 30.7 Å². The zero-order valence-electron chi connectivity index (χ0n) is 14.4. The molecule has 2 aliphatic rings. The molecule has 6 heteroatoms. The van der Waals surface area contributed by atoms with E-state index in [0.717, 1.165) is 52.1 Å². The highest BCUT2D eigenvalue weighted by Crippen LogP contribution is 2.22. The van der Waals surface area contributed by atoms with Gasteiger partial charge in [-0.2, -0.15) is 0 Å². The lowest BCUT2D eigenvalue weighted by Gasteiger charge is -2.41. The number of hydrogen-bond donors (Lipinski definition) is 1. The largest absolute Gasteiger partial charge is 0.339 e. The highest BCUT2D eigenvalue weighted by Gasteiger charge is 2.38. The fraction of sp³-hybridized carbons (Fsp3) is 0.611. The number of piperazine rings is 1. The Kier molecular flexibility index (Phi) is 8.51. The highest BCUT2D eigenvalue weighted by atomic mass is 35.5. The van der Waals surface area contributed by atoms with Gasteiger partial charge in [-0.3, -0.25) is 9.69 Å². The summed E-state index contributed by atoms with van der Waals surface area (Å²) in [6, 6.07) is 10.6. The molecule has 136 valence electrons. The summed E-state index contributed by atoms with van der Waals surface area (Å²) in [4.78, 5) is 17.3. The van der Waals surface area contributed by atoms with E-state index in [-0.39, 0.29) is 30.4 Å². The first-order chi connectivity index (χ1) is 10.7. The van der Waals surface area contributed by atoms with Crippen LogP contribution in [0.2, 0.25) is 0 Å². The van der Waals surface area contributed by atoms with Gasteiger partial charge in [-0.15, -0.1) is 24.8 Å². The molecular formula is C18H29Cl2N3O. The Hall–Kier alpha value is -0.810. The van der Waals surface area contributed by atoms with Crippen LogP contribution in [0.25, 0.3) is 0 Å². The van der Waals surface area contributed by atoms with Crippen molar-refractivity contribution in [3.63, 3.8) is 0 Å². The minimum absolute atomic E-state index is 0. The summed E-state index contributed by atoms with van der Waals surface area (Å²) in [6.07, 6.45) is 3.31. The quantitative estimate of drug-likeness (QED) is 0.884. The number of carbonyl (C=O) groups excluding carboxylic acids is 1. The molecule has 2 heterocycles. The number of hydrogen-bond acceptors (Lipinski definition) is 3. The van der Waals surface area contributed by atoms with Crippen LogP contribution in [0.4, 0.5) is 0 Å². The normalized spacial score (nSPS) is 24.6. The summed E-state index contributed by atoms with van der Waals surface area (Å²) >= 11 is 0. The van der Waals surface area contributed by atoms with Crippen LogP contribution < -0.4 is 5.32 Å². The predicted octanol–water partition coefficient (Wildman–Crippen LogP) is 2.71. The Bertz CT molecular complexity index is 498. The summed E-state index contributed by atoms with van der Waals surface area (Å²) in [6.45, 7) is 7.67. The molecule has 24 heavy (non-hydrogen) atoms. The molecule has 0 saturated carbocycles. The van der Waals surface area contributed by atoms with Crippen molar-refractivity contribution in [2.24, 2.45) is 0 Å². The molecule has 0 aromatic heterocycles. The summed E-state index contributed by atoms with van der Waals surface area (Å²) in [5.74, 6) is 0.298. The molecule has 1 aromatic rings. The van der Waals surface area contributed by atoms with Crippen molar-refractivity contribution in [2.45, 2.75) is 38.3 Å². The SMILES string of the molecule is CC1(C(=O)N2CCN(Cc3ccccc3)CC2)CCCCN1.Cl.Cl. The van der Waals surface area contributed by atoms with E-state index in [1.54, 1.807) is 0 Å². The van der Waals surface area contributed by atoms with E-state index in [0.29, 0.717) is 5.91 Å². The maximum Gasteiger partial charge on any atom is 0.242 e. The lowest BCUT2D eigenvalue weighted by molar-refractivity contribution is -0.140. The Labute approximate surface area is 157 Å². The third-order valence-electron chi connectivity index (χ3n) is 5.00. The monoisotopic (exact) mass is 373 g/mol. The molecular weight excluding hydrogens is 345 g/mol. The van der Waals surface area contributed by atoms with E-state index >= 15 is 0 Å². The Morgan fingerprint density at radius 3 is 2.33 bits per heavy atom. The fourth-order valence-corrected chi connectivity index (χ4v) is 3.54. The van der Waals surface area contributed by atoms with Crippen LogP contribution in [0.5, 0.6) is 0 Å². The molecule has 4 nitrogen and oxygen atoms in total. The third kappa shape index (κ3) is 5.09. The number of halogens is 2. The second kappa shape index (κ2) is 9.62. The Morgan fingerprint density at radius 2 is 1.75 bits per heavy atom. The molecule has 0 spiro atoms. The van der Waals surface area contributed by atoms with E-state index in [1.165, 1.54) is 12.0 Å². The molecule has 2 aliphatic heterocycles. The second-order valence-electron chi connectivity index (χ2n) is 6.77. The molecule has 1 N–H and O–H groups in total. The van der Waals surface area contributed by atoms with Crippen molar-refractivity contribution in [3.8, 4) is 0 Å². The van der Waals surface area contributed by atoms with Gasteiger partial charge in [-0.1, -0.05) is 30.3 Å². The van der Waals surface area contributed by atoms with Gasteiger partial charge in [0.2, 0.25) is 5.91 Å². The number of carbonyl (C=O) groups is 1. The van der Waals surface area contributed by atoms with Gasteiger partial charge in [-0.05, 0) is 38.3 Å². The molecule has 1 amide bonds. The summed E-state index contributed by atoms with van der Waals surface area (Å²) in [5, 5.41) is 3.44. The van der Waals surface area contributed by atoms with Crippen LogP contribution >= 0.6 is 24.8 Å². The van der Waals surface area contributed by atoms with Crippen LogP contribution in [0, 0.1) is 0 Å². The van der Waals surface area contributed by atoms with Crippen molar-refractivity contribution < 1.29 is 4.79 Å². The maximum atomic E-state index is 12.8. The standard InChI is InChI=1S/C18H27N3O.2ClH/c1-18(9-5-6-10-19-18)17(22)21-13-11-20(12-14-21)15-16-7-3-2-4-8-16;;/h2-4,7-8,19H,5-6,9-15H2,1H3;2*1H. The first-order valence-corrected chi connectivity index (χ1v) is 8.48. The van der Waals surface area contributed by atoms with Gasteiger partial charge in [0.1, 0.15) is 0 Å². The maximum absolute atomic E-state index is 12.8. The van der Waals surface area contributed by atoms with E-state index in [4.69, 9.17) is 0 Å². The number of rotatable bonds is 3. The van der Waals surface area contributed by atoms with Crippen molar-refractivity contribution in [3.05, 3.63) is 35.9 Å². The van der Waals surface area contributed by atoms with Gasteiger partial charge in [0.05, 0.1) is 5.54 Å². The fourth-order valence-electron chi connectivity index (χ4n) is 3.54. The smallest absolute Gasteiger partial charge is 0.242 e. The average molecular weight is 374 g/mol. The van der Waals surface area contributed by atoms with Crippen LogP contribution in [0.1, 0.15) is 31.7 Å². The average Bonchev–Trinajstić information content (AvgIpc) is 2.56. The molecule has 1 aromatic carbocycles. The Balaban J connectivity index is 0.00000144. The second-order valence-corrected chi connectivity index (χ2v) is 6.77. The van der Waals surface area contributed by atoms with E-state index < -0.39 is 0 Å². The molecule has 2 fully saturated rings. The Morgan fingerprint density at radius 1 is 1.08 bits per heavy atom. The van der Waals surface area contributed by atoms with Crippen LogP contribution in [0.3, 0.4) is 0 Å². The minimum Gasteiger partial charge on any atom is -0.339 e. The molecule has 2 saturated heterocycles. The predicted molar refractivity (Wildman–Crippen MR) is 103 cm³/mol.